The first kappa shape index (κ1) is 30.1. The fourth-order valence-corrected chi connectivity index (χ4v) is 9.68. The van der Waals surface area contributed by atoms with Gasteiger partial charge in [-0.15, -0.1) is 0 Å². The van der Waals surface area contributed by atoms with Crippen molar-refractivity contribution in [3.8, 4) is 0 Å². The summed E-state index contributed by atoms with van der Waals surface area (Å²) < 4.78 is 11.4. The SMILES string of the molecule is CCOC(=O)CN(C)CCO[C@H]1CC[C@@]2(C)C(=CC[C@H]3[C@@H]4CC[C@H]([C@H](C)CCCC(C)C)[C@@]4(C)CC[C@@H]32)C1. The molecule has 0 spiro atoms. The van der Waals surface area contributed by atoms with Crippen LogP contribution in [0.3, 0.4) is 0 Å². The van der Waals surface area contributed by atoms with Crippen LogP contribution in [0.5, 0.6) is 0 Å². The third-order valence-corrected chi connectivity index (χ3v) is 11.8. The fraction of sp³-hybridized carbons (Fsp3) is 0.912. The van der Waals surface area contributed by atoms with Crippen LogP contribution in [0, 0.1) is 46.3 Å². The van der Waals surface area contributed by atoms with E-state index in [0.717, 1.165) is 48.5 Å². The summed E-state index contributed by atoms with van der Waals surface area (Å²) in [5.74, 6) is 5.20. The molecule has 4 rings (SSSR count). The normalized spacial score (nSPS) is 37.4. The number of hydrogen-bond acceptors (Lipinski definition) is 4. The molecule has 4 aliphatic carbocycles. The molecule has 4 heteroatoms. The number of likely N-dealkylation sites (N-methyl/N-ethyl adjacent to an activating group) is 1. The molecular weight excluding hydrogens is 470 g/mol. The van der Waals surface area contributed by atoms with Gasteiger partial charge in [0.25, 0.3) is 0 Å². The summed E-state index contributed by atoms with van der Waals surface area (Å²) in [6.45, 7) is 16.7. The summed E-state index contributed by atoms with van der Waals surface area (Å²) in [7, 11) is 1.97. The van der Waals surface area contributed by atoms with Crippen molar-refractivity contribution in [1.82, 2.24) is 4.90 Å². The molecular formula is C34H59NO3. The van der Waals surface area contributed by atoms with Gasteiger partial charge in [0, 0.05) is 6.54 Å². The van der Waals surface area contributed by atoms with E-state index in [1.165, 1.54) is 64.2 Å². The average molecular weight is 530 g/mol. The standard InChI is InChI=1S/C34H59NO3/c1-8-37-32(36)23-35(7)20-21-38-27-16-18-33(5)26(22-27)12-13-28-30-15-14-29(25(4)11-9-10-24(2)3)34(30,6)19-17-31(28)33/h12,24-25,27-31H,8-11,13-23H2,1-7H3/t25-,27+,28+,29-,30+,31+,33+,34-/m1/s1. The van der Waals surface area contributed by atoms with Crippen molar-refractivity contribution >= 4 is 5.97 Å². The highest BCUT2D eigenvalue weighted by molar-refractivity contribution is 5.71. The zero-order valence-electron chi connectivity index (χ0n) is 25.9. The Labute approximate surface area is 234 Å². The lowest BCUT2D eigenvalue weighted by atomic mass is 9.47. The van der Waals surface area contributed by atoms with Crippen LogP contribution in [0.1, 0.15) is 112 Å². The Morgan fingerprint density at radius 3 is 2.61 bits per heavy atom. The number of allylic oxidation sites excluding steroid dienone is 1. The van der Waals surface area contributed by atoms with E-state index in [2.05, 4.69) is 40.7 Å². The summed E-state index contributed by atoms with van der Waals surface area (Å²) in [4.78, 5) is 13.7. The predicted octanol–water partition coefficient (Wildman–Crippen LogP) is 7.91. The smallest absolute Gasteiger partial charge is 0.320 e. The molecule has 4 aliphatic rings. The van der Waals surface area contributed by atoms with E-state index in [1.54, 1.807) is 5.57 Å². The Hall–Kier alpha value is -0.870. The van der Waals surface area contributed by atoms with Crippen molar-refractivity contribution in [3.63, 3.8) is 0 Å². The third-order valence-electron chi connectivity index (χ3n) is 11.8. The second-order valence-electron chi connectivity index (χ2n) is 14.6. The topological polar surface area (TPSA) is 38.8 Å². The number of carbonyl (C=O) groups excluding carboxylic acids is 1. The molecule has 0 radical (unpaired) electrons. The monoisotopic (exact) mass is 529 g/mol. The Morgan fingerprint density at radius 1 is 1.08 bits per heavy atom. The average Bonchev–Trinajstić information content (AvgIpc) is 3.21. The molecule has 4 nitrogen and oxygen atoms in total. The second kappa shape index (κ2) is 12.8. The molecule has 0 amide bonds. The number of rotatable bonds is 12. The van der Waals surface area contributed by atoms with E-state index in [0.29, 0.717) is 36.7 Å². The van der Waals surface area contributed by atoms with Crippen LogP contribution in [-0.2, 0) is 14.3 Å². The molecule has 218 valence electrons. The summed E-state index contributed by atoms with van der Waals surface area (Å²) in [6.07, 6.45) is 17.9. The molecule has 3 fully saturated rings. The van der Waals surface area contributed by atoms with Gasteiger partial charge in [0.2, 0.25) is 0 Å². The first-order valence-electron chi connectivity index (χ1n) is 16.2. The number of esters is 1. The number of carbonyl (C=O) groups is 1. The van der Waals surface area contributed by atoms with E-state index in [4.69, 9.17) is 9.47 Å². The van der Waals surface area contributed by atoms with Gasteiger partial charge < -0.3 is 9.47 Å². The van der Waals surface area contributed by atoms with Gasteiger partial charge in [0.1, 0.15) is 0 Å². The Kier molecular flexibility index (Phi) is 10.1. The van der Waals surface area contributed by atoms with Crippen molar-refractivity contribution in [2.24, 2.45) is 46.3 Å². The van der Waals surface area contributed by atoms with Crippen molar-refractivity contribution in [3.05, 3.63) is 11.6 Å². The molecule has 0 aromatic heterocycles. The van der Waals surface area contributed by atoms with E-state index < -0.39 is 0 Å². The maximum absolute atomic E-state index is 11.7. The maximum atomic E-state index is 11.7. The second-order valence-corrected chi connectivity index (χ2v) is 14.6. The zero-order valence-corrected chi connectivity index (χ0v) is 25.9. The quantitative estimate of drug-likeness (QED) is 0.190. The van der Waals surface area contributed by atoms with Crippen LogP contribution in [0.2, 0.25) is 0 Å². The Morgan fingerprint density at radius 2 is 1.87 bits per heavy atom. The minimum absolute atomic E-state index is 0.150. The fourth-order valence-electron chi connectivity index (χ4n) is 9.68. The molecule has 0 aromatic carbocycles. The van der Waals surface area contributed by atoms with Crippen LogP contribution >= 0.6 is 0 Å². The van der Waals surface area contributed by atoms with Crippen molar-refractivity contribution in [2.75, 3.05) is 33.4 Å². The van der Waals surface area contributed by atoms with Crippen LogP contribution in [0.4, 0.5) is 0 Å². The molecule has 38 heavy (non-hydrogen) atoms. The first-order valence-corrected chi connectivity index (χ1v) is 16.2. The number of fused-ring (bicyclic) bond motifs is 5. The Bertz CT molecular complexity index is 823. The van der Waals surface area contributed by atoms with Gasteiger partial charge in [-0.25, -0.2) is 0 Å². The molecule has 0 saturated heterocycles. The van der Waals surface area contributed by atoms with E-state index in [9.17, 15) is 4.79 Å². The molecule has 8 atom stereocenters. The molecule has 0 aliphatic heterocycles. The lowest BCUT2D eigenvalue weighted by Gasteiger charge is -2.58. The van der Waals surface area contributed by atoms with Crippen molar-refractivity contribution in [2.45, 2.75) is 118 Å². The number of nitrogens with zero attached hydrogens (tertiary/aromatic N) is 1. The minimum Gasteiger partial charge on any atom is -0.465 e. The highest BCUT2D eigenvalue weighted by Crippen LogP contribution is 2.67. The largest absolute Gasteiger partial charge is 0.465 e. The lowest BCUT2D eigenvalue weighted by molar-refractivity contribution is -0.144. The van der Waals surface area contributed by atoms with Crippen LogP contribution < -0.4 is 0 Å². The molecule has 0 bridgehead atoms. The van der Waals surface area contributed by atoms with Gasteiger partial charge in [-0.05, 0) is 112 Å². The van der Waals surface area contributed by atoms with Gasteiger partial charge in [0.15, 0.2) is 0 Å². The summed E-state index contributed by atoms with van der Waals surface area (Å²) >= 11 is 0. The summed E-state index contributed by atoms with van der Waals surface area (Å²) in [6, 6.07) is 0. The van der Waals surface area contributed by atoms with Gasteiger partial charge in [-0.2, -0.15) is 0 Å². The van der Waals surface area contributed by atoms with Gasteiger partial charge in [-0.3, -0.25) is 9.69 Å². The van der Waals surface area contributed by atoms with Crippen LogP contribution in [0.15, 0.2) is 11.6 Å². The van der Waals surface area contributed by atoms with Crippen LogP contribution in [-0.4, -0.2) is 50.3 Å². The molecule has 0 heterocycles. The van der Waals surface area contributed by atoms with Gasteiger partial charge >= 0.3 is 5.97 Å². The van der Waals surface area contributed by atoms with Crippen LogP contribution in [0.25, 0.3) is 0 Å². The Balaban J connectivity index is 1.32. The highest BCUT2D eigenvalue weighted by Gasteiger charge is 2.59. The predicted molar refractivity (Wildman–Crippen MR) is 157 cm³/mol. The number of hydrogen-bond donors (Lipinski definition) is 0. The molecule has 0 aromatic rings. The molecule has 0 N–H and O–H groups in total. The zero-order chi connectivity index (χ0) is 27.5. The van der Waals surface area contributed by atoms with Crippen molar-refractivity contribution < 1.29 is 14.3 Å². The lowest BCUT2D eigenvalue weighted by Crippen LogP contribution is -2.51. The summed E-state index contributed by atoms with van der Waals surface area (Å²) in [5, 5.41) is 0. The van der Waals surface area contributed by atoms with Gasteiger partial charge in [0.05, 0.1) is 25.9 Å². The van der Waals surface area contributed by atoms with Gasteiger partial charge in [-0.1, -0.05) is 65.5 Å². The molecule has 0 unspecified atom stereocenters. The van der Waals surface area contributed by atoms with E-state index >= 15 is 0 Å². The first-order chi connectivity index (χ1) is 18.1. The maximum Gasteiger partial charge on any atom is 0.320 e. The minimum atomic E-state index is -0.150. The van der Waals surface area contributed by atoms with E-state index in [-0.39, 0.29) is 5.97 Å². The molecule has 3 saturated carbocycles. The van der Waals surface area contributed by atoms with E-state index in [1.807, 2.05) is 18.9 Å². The van der Waals surface area contributed by atoms with Crippen molar-refractivity contribution in [1.29, 1.82) is 0 Å². The third kappa shape index (κ3) is 6.37. The highest BCUT2D eigenvalue weighted by atomic mass is 16.5. The summed E-state index contributed by atoms with van der Waals surface area (Å²) in [5.41, 5.74) is 2.65. The number of ether oxygens (including phenoxy) is 2.